The van der Waals surface area contributed by atoms with E-state index in [1.807, 2.05) is 48.4 Å². The van der Waals surface area contributed by atoms with Crippen LogP contribution in [0.2, 0.25) is 0 Å². The molecule has 2 heterocycles. The van der Waals surface area contributed by atoms with Crippen LogP contribution in [0.3, 0.4) is 0 Å². The molecule has 17 heavy (non-hydrogen) atoms. The van der Waals surface area contributed by atoms with Crippen molar-refractivity contribution in [2.24, 2.45) is 7.05 Å². The zero-order valence-corrected chi connectivity index (χ0v) is 11.1. The molecular formula is C14H21N3. The number of rotatable bonds is 2. The van der Waals surface area contributed by atoms with E-state index in [-0.39, 0.29) is 0 Å². The Labute approximate surface area is 104 Å². The molecule has 2 aromatic heterocycles. The quantitative estimate of drug-likeness (QED) is 0.794. The van der Waals surface area contributed by atoms with Gasteiger partial charge in [0.2, 0.25) is 0 Å². The van der Waals surface area contributed by atoms with E-state index in [1.165, 1.54) is 0 Å². The molecule has 2 rings (SSSR count). The van der Waals surface area contributed by atoms with Crippen molar-refractivity contribution < 1.29 is 0 Å². The van der Waals surface area contributed by atoms with Crippen LogP contribution in [0.1, 0.15) is 38.2 Å². The normalized spacial score (nSPS) is 9.94. The van der Waals surface area contributed by atoms with Gasteiger partial charge in [-0.05, 0) is 18.6 Å². The summed E-state index contributed by atoms with van der Waals surface area (Å²) in [5, 5.41) is 0. The summed E-state index contributed by atoms with van der Waals surface area (Å²) in [5.41, 5.74) is 1.16. The first kappa shape index (κ1) is 13.4. The van der Waals surface area contributed by atoms with Gasteiger partial charge in [0.15, 0.2) is 0 Å². The Morgan fingerprint density at radius 3 is 2.24 bits per heavy atom. The summed E-state index contributed by atoms with van der Waals surface area (Å²) in [6.45, 7) is 6.38. The Hall–Kier alpha value is -1.64. The van der Waals surface area contributed by atoms with Crippen LogP contribution in [0.4, 0.5) is 0 Å². The molecule has 0 bridgehead atoms. The van der Waals surface area contributed by atoms with Crippen molar-refractivity contribution >= 4 is 0 Å². The monoisotopic (exact) mass is 231 g/mol. The van der Waals surface area contributed by atoms with Crippen LogP contribution in [0, 0.1) is 0 Å². The molecule has 0 N–H and O–H groups in total. The van der Waals surface area contributed by atoms with Crippen molar-refractivity contribution in [3.05, 3.63) is 48.3 Å². The van der Waals surface area contributed by atoms with E-state index < -0.39 is 0 Å². The number of hydrogen-bond donors (Lipinski definition) is 0. The number of aryl methyl sites for hydroxylation is 2. The van der Waals surface area contributed by atoms with E-state index >= 15 is 0 Å². The first-order valence-electron chi connectivity index (χ1n) is 6.02. The zero-order valence-electron chi connectivity index (χ0n) is 11.1. The largest absolute Gasteiger partial charge is 0.338 e. The van der Waals surface area contributed by atoms with Gasteiger partial charge in [0, 0.05) is 37.3 Å². The Morgan fingerprint density at radius 1 is 1.18 bits per heavy atom. The maximum Gasteiger partial charge on any atom is 0.110 e. The number of nitrogens with zero attached hydrogens (tertiary/aromatic N) is 3. The highest BCUT2D eigenvalue weighted by atomic mass is 15.0. The second kappa shape index (κ2) is 6.84. The molecule has 0 spiro atoms. The molecule has 0 fully saturated rings. The standard InChI is InChI=1S/C7H12N2.C7H9N/c1-6(2)7-8-4-5-9(7)3;1-2-7-5-3-4-6-8-7/h4-6H,1-3H3;3-6H,2H2,1H3. The van der Waals surface area contributed by atoms with Gasteiger partial charge >= 0.3 is 0 Å². The van der Waals surface area contributed by atoms with Gasteiger partial charge in [-0.15, -0.1) is 0 Å². The molecule has 0 aliphatic heterocycles. The van der Waals surface area contributed by atoms with E-state index in [4.69, 9.17) is 0 Å². The molecule has 0 aromatic carbocycles. The lowest BCUT2D eigenvalue weighted by Gasteiger charge is -2.02. The number of aromatic nitrogens is 3. The molecule has 3 heteroatoms. The van der Waals surface area contributed by atoms with Gasteiger partial charge in [-0.2, -0.15) is 0 Å². The van der Waals surface area contributed by atoms with Gasteiger partial charge in [0.1, 0.15) is 5.82 Å². The molecular weight excluding hydrogens is 210 g/mol. The van der Waals surface area contributed by atoms with Crippen LogP contribution in [-0.4, -0.2) is 14.5 Å². The third-order valence-electron chi connectivity index (χ3n) is 2.46. The number of imidazole rings is 1. The fourth-order valence-corrected chi connectivity index (χ4v) is 1.54. The van der Waals surface area contributed by atoms with Crippen molar-refractivity contribution in [3.8, 4) is 0 Å². The van der Waals surface area contributed by atoms with Crippen LogP contribution >= 0.6 is 0 Å². The maximum absolute atomic E-state index is 4.18. The highest BCUT2D eigenvalue weighted by Gasteiger charge is 2.01. The Morgan fingerprint density at radius 2 is 1.94 bits per heavy atom. The second-order valence-corrected chi connectivity index (χ2v) is 4.23. The van der Waals surface area contributed by atoms with E-state index in [0.29, 0.717) is 5.92 Å². The first-order chi connectivity index (χ1) is 8.15. The third-order valence-corrected chi connectivity index (χ3v) is 2.46. The van der Waals surface area contributed by atoms with Crippen molar-refractivity contribution in [2.75, 3.05) is 0 Å². The smallest absolute Gasteiger partial charge is 0.110 e. The molecule has 0 amide bonds. The molecule has 0 atom stereocenters. The van der Waals surface area contributed by atoms with E-state index in [0.717, 1.165) is 17.9 Å². The molecule has 0 aliphatic carbocycles. The Balaban J connectivity index is 0.000000171. The lowest BCUT2D eigenvalue weighted by Crippen LogP contribution is -1.98. The minimum atomic E-state index is 0.532. The molecule has 0 saturated carbocycles. The Bertz CT molecular complexity index is 418. The van der Waals surface area contributed by atoms with E-state index in [1.54, 1.807) is 0 Å². The molecule has 0 radical (unpaired) electrons. The van der Waals surface area contributed by atoms with Crippen molar-refractivity contribution in [1.82, 2.24) is 14.5 Å². The summed E-state index contributed by atoms with van der Waals surface area (Å²) in [7, 11) is 2.02. The van der Waals surface area contributed by atoms with Gasteiger partial charge in [-0.25, -0.2) is 4.98 Å². The minimum Gasteiger partial charge on any atom is -0.338 e. The SMILES string of the molecule is CC(C)c1nccn1C.CCc1ccccn1. The van der Waals surface area contributed by atoms with Crippen molar-refractivity contribution in [3.63, 3.8) is 0 Å². The van der Waals surface area contributed by atoms with Crippen LogP contribution in [0.25, 0.3) is 0 Å². The summed E-state index contributed by atoms with van der Waals surface area (Å²) < 4.78 is 2.05. The van der Waals surface area contributed by atoms with Gasteiger partial charge in [-0.1, -0.05) is 26.8 Å². The van der Waals surface area contributed by atoms with E-state index in [2.05, 4.69) is 30.7 Å². The highest BCUT2D eigenvalue weighted by Crippen LogP contribution is 2.08. The highest BCUT2D eigenvalue weighted by molar-refractivity contribution is 5.02. The summed E-state index contributed by atoms with van der Waals surface area (Å²) in [6.07, 6.45) is 6.64. The lowest BCUT2D eigenvalue weighted by molar-refractivity contribution is 0.711. The summed E-state index contributed by atoms with van der Waals surface area (Å²) >= 11 is 0. The molecule has 0 saturated heterocycles. The number of pyridine rings is 1. The predicted molar refractivity (Wildman–Crippen MR) is 70.9 cm³/mol. The molecule has 0 unspecified atom stereocenters. The van der Waals surface area contributed by atoms with Crippen molar-refractivity contribution in [1.29, 1.82) is 0 Å². The summed E-state index contributed by atoms with van der Waals surface area (Å²) in [6, 6.07) is 5.96. The Kier molecular flexibility index (Phi) is 5.40. The van der Waals surface area contributed by atoms with Gasteiger partial charge in [0.05, 0.1) is 0 Å². The maximum atomic E-state index is 4.18. The van der Waals surface area contributed by atoms with E-state index in [9.17, 15) is 0 Å². The van der Waals surface area contributed by atoms with Crippen molar-refractivity contribution in [2.45, 2.75) is 33.1 Å². The molecule has 0 aliphatic rings. The summed E-state index contributed by atoms with van der Waals surface area (Å²) in [4.78, 5) is 8.28. The molecule has 92 valence electrons. The molecule has 3 nitrogen and oxygen atoms in total. The average Bonchev–Trinajstić information content (AvgIpc) is 2.77. The third kappa shape index (κ3) is 4.39. The minimum absolute atomic E-state index is 0.532. The predicted octanol–water partition coefficient (Wildman–Crippen LogP) is 3.19. The van der Waals surface area contributed by atoms with Crippen LogP contribution < -0.4 is 0 Å². The van der Waals surface area contributed by atoms with Crippen LogP contribution in [0.5, 0.6) is 0 Å². The zero-order chi connectivity index (χ0) is 12.7. The number of hydrogen-bond acceptors (Lipinski definition) is 2. The fourth-order valence-electron chi connectivity index (χ4n) is 1.54. The first-order valence-corrected chi connectivity index (χ1v) is 6.02. The topological polar surface area (TPSA) is 30.7 Å². The fraction of sp³-hybridized carbons (Fsp3) is 0.429. The van der Waals surface area contributed by atoms with Gasteiger partial charge in [-0.3, -0.25) is 4.98 Å². The second-order valence-electron chi connectivity index (χ2n) is 4.23. The summed E-state index contributed by atoms with van der Waals surface area (Å²) in [5.74, 6) is 1.68. The molecule has 2 aromatic rings. The lowest BCUT2D eigenvalue weighted by atomic mass is 10.2. The van der Waals surface area contributed by atoms with Crippen LogP contribution in [-0.2, 0) is 13.5 Å². The average molecular weight is 231 g/mol. The van der Waals surface area contributed by atoms with Crippen LogP contribution in [0.15, 0.2) is 36.8 Å². The van der Waals surface area contributed by atoms with Gasteiger partial charge in [0.25, 0.3) is 0 Å². The van der Waals surface area contributed by atoms with Gasteiger partial charge < -0.3 is 4.57 Å².